The van der Waals surface area contributed by atoms with Crippen molar-refractivity contribution >= 4 is 17.0 Å². The van der Waals surface area contributed by atoms with Gasteiger partial charge in [-0.1, -0.05) is 18.1 Å². The minimum Gasteiger partial charge on any atom is -0.442 e. The molecule has 0 bridgehead atoms. The van der Waals surface area contributed by atoms with Crippen LogP contribution in [0.1, 0.15) is 32.0 Å². The average molecular weight is 334 g/mol. The Morgan fingerprint density at radius 2 is 1.80 bits per heavy atom. The van der Waals surface area contributed by atoms with Crippen LogP contribution >= 0.6 is 0 Å². The number of fused-ring (bicyclic) bond motifs is 1. The van der Waals surface area contributed by atoms with E-state index in [1.165, 1.54) is 4.68 Å². The lowest BCUT2D eigenvalue weighted by atomic mass is 10.2. The van der Waals surface area contributed by atoms with Crippen molar-refractivity contribution in [1.29, 1.82) is 0 Å². The highest BCUT2D eigenvalue weighted by Gasteiger charge is 2.21. The molecule has 25 heavy (non-hydrogen) atoms. The van der Waals surface area contributed by atoms with Crippen LogP contribution in [0.2, 0.25) is 0 Å². The molecule has 0 fully saturated rings. The van der Waals surface area contributed by atoms with E-state index in [9.17, 15) is 4.79 Å². The van der Waals surface area contributed by atoms with E-state index < -0.39 is 11.7 Å². The van der Waals surface area contributed by atoms with Gasteiger partial charge in [-0.05, 0) is 38.8 Å². The van der Waals surface area contributed by atoms with Gasteiger partial charge in [0.2, 0.25) is 0 Å². The fraction of sp³-hybridized carbons (Fsp3) is 0.250. The quantitative estimate of drug-likeness (QED) is 0.469. The Hall–Kier alpha value is -3.13. The summed E-state index contributed by atoms with van der Waals surface area (Å²) in [6.45, 7) is 5.48. The highest BCUT2D eigenvalue weighted by molar-refractivity contribution is 5.91. The van der Waals surface area contributed by atoms with Crippen molar-refractivity contribution in [2.45, 2.75) is 26.4 Å². The van der Waals surface area contributed by atoms with Gasteiger partial charge in [0, 0.05) is 23.1 Å². The fourth-order valence-corrected chi connectivity index (χ4v) is 2.32. The average Bonchev–Trinajstić information content (AvgIpc) is 2.92. The van der Waals surface area contributed by atoms with Crippen molar-refractivity contribution in [2.75, 3.05) is 0 Å². The maximum atomic E-state index is 12.4. The van der Waals surface area contributed by atoms with Crippen LogP contribution in [0.25, 0.3) is 10.9 Å². The molecule has 0 atom stereocenters. The SMILES string of the molecule is C[n+]1ccc(C#Cc2nn(C(=O)OC(C)(C)C)c3ccccc23)cc1. The van der Waals surface area contributed by atoms with Crippen LogP contribution in [-0.2, 0) is 11.8 Å². The van der Waals surface area contributed by atoms with Gasteiger partial charge in [0.25, 0.3) is 0 Å². The second kappa shape index (κ2) is 6.40. The third kappa shape index (κ3) is 3.86. The van der Waals surface area contributed by atoms with E-state index in [1.54, 1.807) is 0 Å². The Kier molecular flexibility index (Phi) is 4.28. The summed E-state index contributed by atoms with van der Waals surface area (Å²) in [7, 11) is 1.95. The number of hydrogen-bond donors (Lipinski definition) is 0. The predicted molar refractivity (Wildman–Crippen MR) is 95.0 cm³/mol. The zero-order valence-electron chi connectivity index (χ0n) is 14.8. The number of para-hydroxylation sites is 1. The van der Waals surface area contributed by atoms with Crippen molar-refractivity contribution in [2.24, 2.45) is 7.05 Å². The van der Waals surface area contributed by atoms with Crippen LogP contribution in [0.3, 0.4) is 0 Å². The second-order valence-corrected chi connectivity index (χ2v) is 6.76. The van der Waals surface area contributed by atoms with Gasteiger partial charge in [0.15, 0.2) is 12.4 Å². The molecule has 0 aliphatic carbocycles. The van der Waals surface area contributed by atoms with E-state index >= 15 is 0 Å². The summed E-state index contributed by atoms with van der Waals surface area (Å²) < 4.78 is 8.65. The highest BCUT2D eigenvalue weighted by atomic mass is 16.6. The zero-order chi connectivity index (χ0) is 18.0. The molecule has 2 heterocycles. The summed E-state index contributed by atoms with van der Waals surface area (Å²) in [5, 5.41) is 5.19. The first kappa shape index (κ1) is 16.7. The number of hydrogen-bond acceptors (Lipinski definition) is 3. The van der Waals surface area contributed by atoms with Gasteiger partial charge < -0.3 is 4.74 Å². The Morgan fingerprint density at radius 1 is 1.12 bits per heavy atom. The molecule has 126 valence electrons. The summed E-state index contributed by atoms with van der Waals surface area (Å²) in [6.07, 6.45) is 3.35. The molecule has 0 aliphatic rings. The molecule has 0 saturated carbocycles. The lowest BCUT2D eigenvalue weighted by Gasteiger charge is -2.19. The van der Waals surface area contributed by atoms with Gasteiger partial charge in [0.1, 0.15) is 18.3 Å². The van der Waals surface area contributed by atoms with E-state index in [1.807, 2.05) is 81.2 Å². The molecule has 3 aromatic rings. The Morgan fingerprint density at radius 3 is 2.48 bits per heavy atom. The molecule has 5 heteroatoms. The number of nitrogens with zero attached hydrogens (tertiary/aromatic N) is 3. The molecular weight excluding hydrogens is 314 g/mol. The molecule has 0 spiro atoms. The number of ether oxygens (including phenoxy) is 1. The molecule has 1 aromatic carbocycles. The van der Waals surface area contributed by atoms with E-state index in [-0.39, 0.29) is 0 Å². The van der Waals surface area contributed by atoms with Gasteiger partial charge in [-0.25, -0.2) is 9.36 Å². The number of pyridine rings is 1. The van der Waals surface area contributed by atoms with Crippen molar-refractivity contribution in [3.05, 3.63) is 60.0 Å². The Labute approximate surface area is 146 Å². The predicted octanol–water partition coefficient (Wildman–Crippen LogP) is 3.04. The van der Waals surface area contributed by atoms with Crippen molar-refractivity contribution < 1.29 is 14.1 Å². The molecule has 5 nitrogen and oxygen atoms in total. The molecular formula is C20H20N3O2+. The summed E-state index contributed by atoms with van der Waals surface area (Å²) in [5.41, 5.74) is 1.53. The van der Waals surface area contributed by atoms with Gasteiger partial charge >= 0.3 is 6.09 Å². The van der Waals surface area contributed by atoms with E-state index in [2.05, 4.69) is 16.9 Å². The van der Waals surface area contributed by atoms with Gasteiger partial charge in [-0.3, -0.25) is 0 Å². The van der Waals surface area contributed by atoms with Crippen LogP contribution in [0.4, 0.5) is 4.79 Å². The molecule has 0 saturated heterocycles. The normalized spacial score (nSPS) is 11.0. The first-order valence-corrected chi connectivity index (χ1v) is 8.02. The third-order valence-corrected chi connectivity index (χ3v) is 3.46. The summed E-state index contributed by atoms with van der Waals surface area (Å²) in [6, 6.07) is 11.4. The minimum absolute atomic E-state index is 0.511. The van der Waals surface area contributed by atoms with Crippen molar-refractivity contribution in [1.82, 2.24) is 9.78 Å². The molecule has 2 aromatic heterocycles. The van der Waals surface area contributed by atoms with Crippen LogP contribution in [0.15, 0.2) is 48.8 Å². The topological polar surface area (TPSA) is 48.0 Å². The number of rotatable bonds is 0. The number of benzene rings is 1. The third-order valence-electron chi connectivity index (χ3n) is 3.46. The molecule has 0 unspecified atom stereocenters. The molecule has 0 radical (unpaired) electrons. The first-order chi connectivity index (χ1) is 11.8. The highest BCUT2D eigenvalue weighted by Crippen LogP contribution is 2.19. The van der Waals surface area contributed by atoms with E-state index in [0.717, 1.165) is 10.9 Å². The van der Waals surface area contributed by atoms with Gasteiger partial charge in [-0.15, -0.1) is 0 Å². The van der Waals surface area contributed by atoms with Crippen LogP contribution in [-0.4, -0.2) is 21.5 Å². The Balaban J connectivity index is 2.03. The number of carbonyl (C=O) groups excluding carboxylic acids is 1. The smallest absolute Gasteiger partial charge is 0.435 e. The molecule has 0 aliphatic heterocycles. The van der Waals surface area contributed by atoms with E-state index in [0.29, 0.717) is 11.2 Å². The number of aryl methyl sites for hydroxylation is 1. The Bertz CT molecular complexity index is 984. The van der Waals surface area contributed by atoms with E-state index in [4.69, 9.17) is 4.74 Å². The summed E-state index contributed by atoms with van der Waals surface area (Å²) >= 11 is 0. The maximum absolute atomic E-state index is 12.4. The lowest BCUT2D eigenvalue weighted by Crippen LogP contribution is -2.27. The fourth-order valence-electron chi connectivity index (χ4n) is 2.32. The van der Waals surface area contributed by atoms with Gasteiger partial charge in [-0.2, -0.15) is 9.78 Å². The molecule has 0 amide bonds. The summed E-state index contributed by atoms with van der Waals surface area (Å²) in [5.74, 6) is 6.15. The monoisotopic (exact) mass is 334 g/mol. The minimum atomic E-state index is -0.588. The van der Waals surface area contributed by atoms with Crippen LogP contribution < -0.4 is 4.57 Å². The second-order valence-electron chi connectivity index (χ2n) is 6.76. The van der Waals surface area contributed by atoms with Crippen molar-refractivity contribution in [3.63, 3.8) is 0 Å². The largest absolute Gasteiger partial charge is 0.442 e. The number of aromatic nitrogens is 3. The summed E-state index contributed by atoms with van der Waals surface area (Å²) in [4.78, 5) is 12.4. The van der Waals surface area contributed by atoms with Crippen LogP contribution in [0, 0.1) is 11.8 Å². The standard InChI is InChI=1S/C20H20N3O2/c1-20(2,3)25-19(24)23-18-8-6-5-7-16(18)17(21-23)10-9-15-11-13-22(4)14-12-15/h5-8,11-14H,1-4H3/q+1. The maximum Gasteiger partial charge on any atom is 0.435 e. The first-order valence-electron chi connectivity index (χ1n) is 8.02. The zero-order valence-corrected chi connectivity index (χ0v) is 14.8. The molecule has 0 N–H and O–H groups in total. The van der Waals surface area contributed by atoms with Crippen molar-refractivity contribution in [3.8, 4) is 11.8 Å². The van der Waals surface area contributed by atoms with Crippen LogP contribution in [0.5, 0.6) is 0 Å². The number of carbonyl (C=O) groups is 1. The lowest BCUT2D eigenvalue weighted by molar-refractivity contribution is -0.671. The van der Waals surface area contributed by atoms with Gasteiger partial charge in [0.05, 0.1) is 5.52 Å². The molecule has 3 rings (SSSR count).